The molecule has 0 bridgehead atoms. The van der Waals surface area contributed by atoms with Crippen molar-refractivity contribution in [1.82, 2.24) is 0 Å². The van der Waals surface area contributed by atoms with Crippen LogP contribution in [0.3, 0.4) is 0 Å². The Labute approximate surface area is 183 Å². The largest absolute Gasteiger partial charge is 0.481 e. The average molecular weight is 417 g/mol. The van der Waals surface area contributed by atoms with E-state index in [-0.39, 0.29) is 11.8 Å². The van der Waals surface area contributed by atoms with Crippen LogP contribution in [0.25, 0.3) is 0 Å². The third-order valence-electron chi connectivity index (χ3n) is 5.07. The minimum absolute atomic E-state index is 0.186. The molecule has 3 aromatic carbocycles. The number of rotatable bonds is 8. The molecule has 0 aliphatic carbocycles. The summed E-state index contributed by atoms with van der Waals surface area (Å²) in [5.41, 5.74) is 4.36. The Hall–Kier alpha value is -3.60. The number of hydrogen-bond donors (Lipinski definition) is 2. The second-order valence-corrected chi connectivity index (χ2v) is 7.29. The fraction of sp³-hybridized carbons (Fsp3) is 0.231. The second kappa shape index (κ2) is 10.4. The van der Waals surface area contributed by atoms with Gasteiger partial charge in [0.15, 0.2) is 6.10 Å². The fourth-order valence-corrected chi connectivity index (χ4v) is 3.16. The average Bonchev–Trinajstić information content (AvgIpc) is 2.80. The Balaban J connectivity index is 1.57. The van der Waals surface area contributed by atoms with Gasteiger partial charge in [-0.1, -0.05) is 44.2 Å². The van der Waals surface area contributed by atoms with Gasteiger partial charge in [0.25, 0.3) is 11.8 Å². The van der Waals surface area contributed by atoms with Crippen molar-refractivity contribution in [1.29, 1.82) is 0 Å². The van der Waals surface area contributed by atoms with Gasteiger partial charge >= 0.3 is 0 Å². The van der Waals surface area contributed by atoms with Gasteiger partial charge in [0, 0.05) is 16.9 Å². The minimum atomic E-state index is -0.679. The second-order valence-electron chi connectivity index (χ2n) is 7.29. The van der Waals surface area contributed by atoms with E-state index in [1.165, 1.54) is 5.56 Å². The summed E-state index contributed by atoms with van der Waals surface area (Å²) in [6, 6.07) is 22.3. The molecule has 2 amide bonds. The monoisotopic (exact) mass is 416 g/mol. The molecule has 0 aliphatic rings. The predicted octanol–water partition coefficient (Wildman–Crippen LogP) is 5.47. The summed E-state index contributed by atoms with van der Waals surface area (Å²) >= 11 is 0. The Bertz CT molecular complexity index is 1030. The maximum atomic E-state index is 12.6. The van der Waals surface area contributed by atoms with E-state index in [4.69, 9.17) is 4.74 Å². The van der Waals surface area contributed by atoms with Crippen LogP contribution in [0.1, 0.15) is 42.3 Å². The lowest BCUT2D eigenvalue weighted by molar-refractivity contribution is -0.122. The van der Waals surface area contributed by atoms with Crippen LogP contribution in [-0.2, 0) is 17.6 Å². The summed E-state index contributed by atoms with van der Waals surface area (Å²) in [4.78, 5) is 25.0. The molecule has 1 atom stereocenters. The molecule has 0 saturated carbocycles. The number of benzene rings is 3. The van der Waals surface area contributed by atoms with Crippen molar-refractivity contribution < 1.29 is 14.3 Å². The van der Waals surface area contributed by atoms with Gasteiger partial charge in [-0.05, 0) is 73.4 Å². The van der Waals surface area contributed by atoms with E-state index >= 15 is 0 Å². The number of carbonyl (C=O) groups excluding carboxylic acids is 2. The summed E-state index contributed by atoms with van der Waals surface area (Å²) in [7, 11) is 0. The number of carbonyl (C=O) groups is 2. The van der Waals surface area contributed by atoms with E-state index in [2.05, 4.69) is 24.5 Å². The van der Waals surface area contributed by atoms with Crippen LogP contribution in [0.5, 0.6) is 5.75 Å². The highest BCUT2D eigenvalue weighted by molar-refractivity contribution is 6.04. The molecule has 0 unspecified atom stereocenters. The molecule has 2 N–H and O–H groups in total. The normalized spacial score (nSPS) is 11.5. The van der Waals surface area contributed by atoms with E-state index in [0.29, 0.717) is 11.3 Å². The molecule has 160 valence electrons. The number of hydrogen-bond acceptors (Lipinski definition) is 3. The first-order chi connectivity index (χ1) is 15.0. The first-order valence-electron chi connectivity index (χ1n) is 10.6. The lowest BCUT2D eigenvalue weighted by atomic mass is 10.1. The third kappa shape index (κ3) is 5.95. The first kappa shape index (κ1) is 22.1. The molecule has 0 heterocycles. The molecule has 0 fully saturated rings. The van der Waals surface area contributed by atoms with Crippen LogP contribution in [0.4, 0.5) is 11.4 Å². The zero-order valence-electron chi connectivity index (χ0n) is 18.1. The molecule has 0 aliphatic heterocycles. The van der Waals surface area contributed by atoms with Crippen LogP contribution in [0, 0.1) is 0 Å². The van der Waals surface area contributed by atoms with Crippen molar-refractivity contribution in [2.75, 3.05) is 10.6 Å². The van der Waals surface area contributed by atoms with Gasteiger partial charge < -0.3 is 15.4 Å². The Morgan fingerprint density at radius 1 is 0.839 bits per heavy atom. The summed E-state index contributed by atoms with van der Waals surface area (Å²) in [6.45, 7) is 5.83. The molecule has 5 heteroatoms. The van der Waals surface area contributed by atoms with Crippen molar-refractivity contribution in [3.8, 4) is 5.75 Å². The first-order valence-corrected chi connectivity index (χ1v) is 10.6. The SMILES string of the molecule is CCc1ccc(NC(=O)[C@@H](C)Oc2ccc(C(=O)Nc3ccccc3CC)cc2)cc1. The summed E-state index contributed by atoms with van der Waals surface area (Å²) in [5, 5.41) is 5.80. The lowest BCUT2D eigenvalue weighted by Crippen LogP contribution is -2.30. The summed E-state index contributed by atoms with van der Waals surface area (Å²) in [6.07, 6.45) is 1.11. The van der Waals surface area contributed by atoms with Crippen LogP contribution in [0.15, 0.2) is 72.8 Å². The van der Waals surface area contributed by atoms with Crippen LogP contribution in [-0.4, -0.2) is 17.9 Å². The maximum absolute atomic E-state index is 12.6. The van der Waals surface area contributed by atoms with Crippen LogP contribution in [0.2, 0.25) is 0 Å². The van der Waals surface area contributed by atoms with Gasteiger partial charge in [-0.25, -0.2) is 0 Å². The van der Waals surface area contributed by atoms with Gasteiger partial charge in [-0.3, -0.25) is 9.59 Å². The van der Waals surface area contributed by atoms with Crippen molar-refractivity contribution in [3.05, 3.63) is 89.5 Å². The molecule has 0 saturated heterocycles. The van der Waals surface area contributed by atoms with Crippen LogP contribution < -0.4 is 15.4 Å². The van der Waals surface area contributed by atoms with Crippen molar-refractivity contribution in [2.45, 2.75) is 39.7 Å². The topological polar surface area (TPSA) is 67.4 Å². The molecule has 3 aromatic rings. The van der Waals surface area contributed by atoms with E-state index in [9.17, 15) is 9.59 Å². The van der Waals surface area contributed by atoms with Gasteiger partial charge in [0.05, 0.1) is 0 Å². The molecule has 3 rings (SSSR count). The van der Waals surface area contributed by atoms with Crippen LogP contribution >= 0.6 is 0 Å². The van der Waals surface area contributed by atoms with Crippen molar-refractivity contribution in [3.63, 3.8) is 0 Å². The summed E-state index contributed by atoms with van der Waals surface area (Å²) in [5.74, 6) is 0.102. The van der Waals surface area contributed by atoms with Gasteiger partial charge in [-0.2, -0.15) is 0 Å². The van der Waals surface area contributed by atoms with E-state index < -0.39 is 6.10 Å². The van der Waals surface area contributed by atoms with Crippen molar-refractivity contribution >= 4 is 23.2 Å². The third-order valence-corrected chi connectivity index (χ3v) is 5.07. The smallest absolute Gasteiger partial charge is 0.265 e. The molecule has 31 heavy (non-hydrogen) atoms. The minimum Gasteiger partial charge on any atom is -0.481 e. The van der Waals surface area contributed by atoms with Gasteiger partial charge in [0.2, 0.25) is 0 Å². The highest BCUT2D eigenvalue weighted by Crippen LogP contribution is 2.19. The molecule has 0 aromatic heterocycles. The van der Waals surface area contributed by atoms with Gasteiger partial charge in [0.1, 0.15) is 5.75 Å². The van der Waals surface area contributed by atoms with E-state index in [1.807, 2.05) is 48.5 Å². The molecular formula is C26H28N2O3. The quantitative estimate of drug-likeness (QED) is 0.512. The molecule has 0 spiro atoms. The molecular weight excluding hydrogens is 388 g/mol. The number of para-hydroxylation sites is 1. The number of aryl methyl sites for hydroxylation is 2. The molecule has 0 radical (unpaired) electrons. The number of ether oxygens (including phenoxy) is 1. The lowest BCUT2D eigenvalue weighted by Gasteiger charge is -2.15. The zero-order valence-corrected chi connectivity index (χ0v) is 18.1. The van der Waals surface area contributed by atoms with E-state index in [1.54, 1.807) is 31.2 Å². The highest BCUT2D eigenvalue weighted by Gasteiger charge is 2.15. The van der Waals surface area contributed by atoms with E-state index in [0.717, 1.165) is 29.8 Å². The van der Waals surface area contributed by atoms with Gasteiger partial charge in [-0.15, -0.1) is 0 Å². The molecule has 5 nitrogen and oxygen atoms in total. The Morgan fingerprint density at radius 3 is 2.16 bits per heavy atom. The standard InChI is InChI=1S/C26H28N2O3/c1-4-19-10-14-22(15-11-19)27-25(29)18(3)31-23-16-12-21(13-17-23)26(30)28-24-9-7-6-8-20(24)5-2/h6-18H,4-5H2,1-3H3,(H,27,29)(H,28,30)/t18-/m1/s1. The number of nitrogens with one attached hydrogen (secondary N) is 2. The maximum Gasteiger partial charge on any atom is 0.265 e. The summed E-state index contributed by atoms with van der Waals surface area (Å²) < 4.78 is 5.74. The Kier molecular flexibility index (Phi) is 7.44. The highest BCUT2D eigenvalue weighted by atomic mass is 16.5. The number of anilines is 2. The van der Waals surface area contributed by atoms with Crippen molar-refractivity contribution in [2.24, 2.45) is 0 Å². The zero-order chi connectivity index (χ0) is 22.2. The fourth-order valence-electron chi connectivity index (χ4n) is 3.16. The number of amides is 2. The Morgan fingerprint density at radius 2 is 1.52 bits per heavy atom. The predicted molar refractivity (Wildman–Crippen MR) is 125 cm³/mol.